The van der Waals surface area contributed by atoms with E-state index in [1.54, 1.807) is 7.05 Å². The molecule has 0 aliphatic heterocycles. The summed E-state index contributed by atoms with van der Waals surface area (Å²) in [5, 5.41) is 5.83. The molecule has 2 aromatic rings. The van der Waals surface area contributed by atoms with Gasteiger partial charge in [-0.2, -0.15) is 5.10 Å². The molecule has 3 N–H and O–H groups in total. The van der Waals surface area contributed by atoms with Gasteiger partial charge in [-0.05, 0) is 12.1 Å². The van der Waals surface area contributed by atoms with Crippen LogP contribution in [0.5, 0.6) is 0 Å². The summed E-state index contributed by atoms with van der Waals surface area (Å²) < 4.78 is 40.4. The lowest BCUT2D eigenvalue weighted by atomic mass is 10.2. The van der Waals surface area contributed by atoms with Crippen molar-refractivity contribution < 1.29 is 18.0 Å². The van der Waals surface area contributed by atoms with Gasteiger partial charge in [0.15, 0.2) is 23.3 Å². The summed E-state index contributed by atoms with van der Waals surface area (Å²) in [6.45, 7) is 0. The first kappa shape index (κ1) is 12.9. The number of amides is 1. The number of halogens is 3. The lowest BCUT2D eigenvalue weighted by Gasteiger charge is -2.06. The van der Waals surface area contributed by atoms with Gasteiger partial charge < -0.3 is 11.1 Å². The molecule has 5 nitrogen and oxygen atoms in total. The number of aryl methyl sites for hydroxylation is 1. The van der Waals surface area contributed by atoms with Gasteiger partial charge in [-0.1, -0.05) is 0 Å². The smallest absolute Gasteiger partial charge is 0.261 e. The molecule has 19 heavy (non-hydrogen) atoms. The average molecular weight is 270 g/mol. The molecule has 2 rings (SSSR count). The first-order valence-corrected chi connectivity index (χ1v) is 5.14. The quantitative estimate of drug-likeness (QED) is 0.815. The predicted molar refractivity (Wildman–Crippen MR) is 61.9 cm³/mol. The highest BCUT2D eigenvalue weighted by Crippen LogP contribution is 2.21. The molecule has 0 unspecified atom stereocenters. The van der Waals surface area contributed by atoms with Gasteiger partial charge in [-0.15, -0.1) is 0 Å². The van der Waals surface area contributed by atoms with Crippen LogP contribution in [0.25, 0.3) is 0 Å². The Morgan fingerprint density at radius 2 is 2.00 bits per heavy atom. The minimum absolute atomic E-state index is 0.00614. The third-order valence-electron chi connectivity index (χ3n) is 2.39. The summed E-state index contributed by atoms with van der Waals surface area (Å²) in [6, 6.07) is 1.62. The number of aromatic nitrogens is 2. The second kappa shape index (κ2) is 4.63. The SMILES string of the molecule is Cn1cc(C(=O)Nc2ccc(F)c(F)c2F)c(N)n1. The van der Waals surface area contributed by atoms with Gasteiger partial charge in [-0.3, -0.25) is 9.48 Å². The summed E-state index contributed by atoms with van der Waals surface area (Å²) >= 11 is 0. The maximum atomic E-state index is 13.4. The van der Waals surface area contributed by atoms with Crippen LogP contribution in [0.15, 0.2) is 18.3 Å². The second-order valence-corrected chi connectivity index (χ2v) is 3.78. The van der Waals surface area contributed by atoms with E-state index in [-0.39, 0.29) is 11.4 Å². The van der Waals surface area contributed by atoms with Gasteiger partial charge in [-0.25, -0.2) is 13.2 Å². The van der Waals surface area contributed by atoms with Crippen molar-refractivity contribution in [2.75, 3.05) is 11.1 Å². The van der Waals surface area contributed by atoms with Gasteiger partial charge in [0.2, 0.25) is 0 Å². The minimum Gasteiger partial charge on any atom is -0.382 e. The Balaban J connectivity index is 2.29. The monoisotopic (exact) mass is 270 g/mol. The standard InChI is InChI=1S/C11H9F3N4O/c1-18-4-5(10(15)17-18)11(19)16-7-3-2-6(12)8(13)9(7)14/h2-4H,1H3,(H2,15,17)(H,16,19). The van der Waals surface area contributed by atoms with Gasteiger partial charge in [0.05, 0.1) is 5.69 Å². The molecule has 0 aliphatic carbocycles. The van der Waals surface area contributed by atoms with Crippen LogP contribution in [0.3, 0.4) is 0 Å². The van der Waals surface area contributed by atoms with Gasteiger partial charge in [0.25, 0.3) is 5.91 Å². The minimum atomic E-state index is -1.66. The van der Waals surface area contributed by atoms with Crippen LogP contribution in [0.1, 0.15) is 10.4 Å². The molecule has 0 aliphatic rings. The van der Waals surface area contributed by atoms with Crippen molar-refractivity contribution in [1.82, 2.24) is 9.78 Å². The molecule has 1 aromatic heterocycles. The fraction of sp³-hybridized carbons (Fsp3) is 0.0909. The van der Waals surface area contributed by atoms with Crippen LogP contribution in [0.2, 0.25) is 0 Å². The summed E-state index contributed by atoms with van der Waals surface area (Å²) in [5.74, 6) is -5.29. The Morgan fingerprint density at radius 1 is 1.32 bits per heavy atom. The molecule has 100 valence electrons. The van der Waals surface area contributed by atoms with E-state index in [0.717, 1.165) is 6.07 Å². The average Bonchev–Trinajstić information content (AvgIpc) is 2.69. The van der Waals surface area contributed by atoms with E-state index in [9.17, 15) is 18.0 Å². The van der Waals surface area contributed by atoms with Crippen LogP contribution in [-0.4, -0.2) is 15.7 Å². The van der Waals surface area contributed by atoms with E-state index in [0.29, 0.717) is 6.07 Å². The fourth-order valence-corrected chi connectivity index (χ4v) is 1.49. The molecule has 1 heterocycles. The van der Waals surface area contributed by atoms with Crippen molar-refractivity contribution in [1.29, 1.82) is 0 Å². The molecule has 0 fully saturated rings. The normalized spacial score (nSPS) is 10.5. The number of hydrogen-bond acceptors (Lipinski definition) is 3. The zero-order chi connectivity index (χ0) is 14.2. The molecule has 0 saturated heterocycles. The molecule has 8 heteroatoms. The topological polar surface area (TPSA) is 72.9 Å². The van der Waals surface area contributed by atoms with E-state index in [1.165, 1.54) is 10.9 Å². The maximum Gasteiger partial charge on any atom is 0.261 e. The number of benzene rings is 1. The van der Waals surface area contributed by atoms with E-state index < -0.39 is 29.0 Å². The zero-order valence-corrected chi connectivity index (χ0v) is 9.75. The Morgan fingerprint density at radius 3 is 2.58 bits per heavy atom. The number of nitrogens with zero attached hydrogens (tertiary/aromatic N) is 2. The third-order valence-corrected chi connectivity index (χ3v) is 2.39. The van der Waals surface area contributed by atoms with Crippen LogP contribution < -0.4 is 11.1 Å². The van der Waals surface area contributed by atoms with Crippen LogP contribution >= 0.6 is 0 Å². The molecule has 0 atom stereocenters. The summed E-state index contributed by atoms with van der Waals surface area (Å²) in [7, 11) is 1.55. The van der Waals surface area contributed by atoms with Crippen molar-refractivity contribution in [2.45, 2.75) is 0 Å². The Hall–Kier alpha value is -2.51. The highest BCUT2D eigenvalue weighted by Gasteiger charge is 2.18. The predicted octanol–water partition coefficient (Wildman–Crippen LogP) is 1.67. The van der Waals surface area contributed by atoms with Gasteiger partial charge in [0.1, 0.15) is 5.56 Å². The Bertz CT molecular complexity index is 654. The molecule has 0 saturated carbocycles. The third kappa shape index (κ3) is 2.37. The molecular formula is C11H9F3N4O. The van der Waals surface area contributed by atoms with Crippen molar-refractivity contribution in [3.05, 3.63) is 41.3 Å². The van der Waals surface area contributed by atoms with Crippen molar-refractivity contribution in [3.63, 3.8) is 0 Å². The molecule has 1 amide bonds. The number of rotatable bonds is 2. The molecule has 0 bridgehead atoms. The summed E-state index contributed by atoms with van der Waals surface area (Å²) in [4.78, 5) is 11.8. The number of anilines is 2. The van der Waals surface area contributed by atoms with E-state index in [4.69, 9.17) is 5.73 Å². The van der Waals surface area contributed by atoms with Crippen LogP contribution in [0, 0.1) is 17.5 Å². The molecule has 1 aromatic carbocycles. The number of carbonyl (C=O) groups is 1. The van der Waals surface area contributed by atoms with E-state index >= 15 is 0 Å². The fourth-order valence-electron chi connectivity index (χ4n) is 1.49. The number of nitrogens with two attached hydrogens (primary N) is 1. The van der Waals surface area contributed by atoms with E-state index in [1.807, 2.05) is 0 Å². The largest absolute Gasteiger partial charge is 0.382 e. The molecular weight excluding hydrogens is 261 g/mol. The van der Waals surface area contributed by atoms with Gasteiger partial charge >= 0.3 is 0 Å². The Kier molecular flexibility index (Phi) is 3.16. The Labute approximate surface area is 105 Å². The number of nitrogens with one attached hydrogen (secondary N) is 1. The maximum absolute atomic E-state index is 13.4. The number of carbonyl (C=O) groups excluding carboxylic acids is 1. The summed E-state index contributed by atoms with van der Waals surface area (Å²) in [5.41, 5.74) is 4.99. The lowest BCUT2D eigenvalue weighted by molar-refractivity contribution is 0.102. The number of hydrogen-bond donors (Lipinski definition) is 2. The second-order valence-electron chi connectivity index (χ2n) is 3.78. The van der Waals surface area contributed by atoms with Crippen molar-refractivity contribution in [2.24, 2.45) is 7.05 Å². The molecule has 0 spiro atoms. The highest BCUT2D eigenvalue weighted by molar-refractivity contribution is 6.07. The lowest BCUT2D eigenvalue weighted by Crippen LogP contribution is -2.14. The first-order valence-electron chi connectivity index (χ1n) is 5.14. The number of nitrogen functional groups attached to an aromatic ring is 1. The van der Waals surface area contributed by atoms with E-state index in [2.05, 4.69) is 10.4 Å². The first-order chi connectivity index (χ1) is 8.90. The summed E-state index contributed by atoms with van der Waals surface area (Å²) in [6.07, 6.45) is 1.32. The van der Waals surface area contributed by atoms with Crippen molar-refractivity contribution in [3.8, 4) is 0 Å². The van der Waals surface area contributed by atoms with Crippen LogP contribution in [-0.2, 0) is 7.05 Å². The van der Waals surface area contributed by atoms with Crippen LogP contribution in [0.4, 0.5) is 24.7 Å². The highest BCUT2D eigenvalue weighted by atomic mass is 19.2. The molecule has 0 radical (unpaired) electrons. The zero-order valence-electron chi connectivity index (χ0n) is 9.75. The van der Waals surface area contributed by atoms with Crippen molar-refractivity contribution >= 4 is 17.4 Å². The van der Waals surface area contributed by atoms with Gasteiger partial charge in [0, 0.05) is 13.2 Å².